The van der Waals surface area contributed by atoms with Gasteiger partial charge in [-0.05, 0) is 44.4 Å². The third-order valence-corrected chi connectivity index (χ3v) is 3.56. The van der Waals surface area contributed by atoms with Gasteiger partial charge in [-0.15, -0.1) is 0 Å². The van der Waals surface area contributed by atoms with E-state index in [2.05, 4.69) is 19.1 Å². The summed E-state index contributed by atoms with van der Waals surface area (Å²) in [4.78, 5) is 23.3. The van der Waals surface area contributed by atoms with Crippen LogP contribution in [0, 0.1) is 5.92 Å². The Kier molecular flexibility index (Phi) is 7.63. The summed E-state index contributed by atoms with van der Waals surface area (Å²) in [6.45, 7) is 2.15. The standard InChI is InChI=1S/C16H26O2/c1-14-9-6-4-2-3-5-7-10-15(17)11-8-12-16(18)13-14/h2,4,14H,3,5-13H2,1H3/b4-2+/t14-/m1/s1. The second kappa shape index (κ2) is 9.07. The van der Waals surface area contributed by atoms with E-state index in [1.165, 1.54) is 0 Å². The molecule has 0 saturated heterocycles. The summed E-state index contributed by atoms with van der Waals surface area (Å²) in [5.74, 6) is 1.13. The van der Waals surface area contributed by atoms with Gasteiger partial charge in [-0.3, -0.25) is 9.59 Å². The van der Waals surface area contributed by atoms with Gasteiger partial charge in [0.05, 0.1) is 0 Å². The molecular weight excluding hydrogens is 224 g/mol. The largest absolute Gasteiger partial charge is 0.300 e. The topological polar surface area (TPSA) is 34.1 Å². The number of carbonyl (C=O) groups excluding carboxylic acids is 2. The van der Waals surface area contributed by atoms with Crippen LogP contribution in [0.2, 0.25) is 0 Å². The number of rotatable bonds is 0. The fraction of sp³-hybridized carbons (Fsp3) is 0.750. The van der Waals surface area contributed by atoms with E-state index in [0.717, 1.165) is 38.5 Å². The molecule has 0 aromatic heterocycles. The zero-order valence-corrected chi connectivity index (χ0v) is 11.6. The molecule has 0 aliphatic heterocycles. The molecule has 1 aliphatic rings. The van der Waals surface area contributed by atoms with Gasteiger partial charge in [0.2, 0.25) is 0 Å². The van der Waals surface area contributed by atoms with Gasteiger partial charge in [0.25, 0.3) is 0 Å². The molecule has 18 heavy (non-hydrogen) atoms. The summed E-state index contributed by atoms with van der Waals surface area (Å²) >= 11 is 0. The zero-order valence-electron chi connectivity index (χ0n) is 11.6. The summed E-state index contributed by atoms with van der Waals surface area (Å²) in [5, 5.41) is 0. The van der Waals surface area contributed by atoms with Crippen LogP contribution >= 0.6 is 0 Å². The van der Waals surface area contributed by atoms with Gasteiger partial charge in [-0.1, -0.05) is 19.1 Å². The lowest BCUT2D eigenvalue weighted by atomic mass is 9.96. The van der Waals surface area contributed by atoms with Crippen LogP contribution in [-0.4, -0.2) is 11.6 Å². The Morgan fingerprint density at radius 2 is 1.56 bits per heavy atom. The summed E-state index contributed by atoms with van der Waals surface area (Å²) < 4.78 is 0. The molecule has 1 rings (SSSR count). The SMILES string of the molecule is C[C@@H]1CC/C=C/CCCCC(=O)CCCC(=O)C1. The summed E-state index contributed by atoms with van der Waals surface area (Å²) in [5.41, 5.74) is 0. The van der Waals surface area contributed by atoms with Crippen LogP contribution in [0.25, 0.3) is 0 Å². The van der Waals surface area contributed by atoms with Crippen LogP contribution in [0.3, 0.4) is 0 Å². The monoisotopic (exact) mass is 250 g/mol. The Labute approximate surface area is 111 Å². The highest BCUT2D eigenvalue weighted by molar-refractivity contribution is 5.81. The smallest absolute Gasteiger partial charge is 0.133 e. The van der Waals surface area contributed by atoms with Crippen molar-refractivity contribution in [2.24, 2.45) is 5.92 Å². The van der Waals surface area contributed by atoms with Crippen molar-refractivity contribution in [2.75, 3.05) is 0 Å². The maximum atomic E-state index is 11.7. The van der Waals surface area contributed by atoms with Gasteiger partial charge in [-0.25, -0.2) is 0 Å². The molecule has 0 spiro atoms. The number of hydrogen-bond acceptors (Lipinski definition) is 2. The first-order chi connectivity index (χ1) is 8.68. The number of ketones is 2. The molecule has 102 valence electrons. The lowest BCUT2D eigenvalue weighted by Crippen LogP contribution is -2.06. The predicted molar refractivity (Wildman–Crippen MR) is 74.5 cm³/mol. The highest BCUT2D eigenvalue weighted by Crippen LogP contribution is 2.15. The lowest BCUT2D eigenvalue weighted by Gasteiger charge is -2.08. The maximum absolute atomic E-state index is 11.7. The molecule has 0 aromatic carbocycles. The van der Waals surface area contributed by atoms with Crippen molar-refractivity contribution in [3.8, 4) is 0 Å². The van der Waals surface area contributed by atoms with E-state index >= 15 is 0 Å². The van der Waals surface area contributed by atoms with E-state index in [-0.39, 0.29) is 0 Å². The molecule has 1 atom stereocenters. The summed E-state index contributed by atoms with van der Waals surface area (Å²) in [6, 6.07) is 0. The Bertz CT molecular complexity index is 291. The Hall–Kier alpha value is -0.920. The minimum Gasteiger partial charge on any atom is -0.300 e. The van der Waals surface area contributed by atoms with Crippen molar-refractivity contribution in [1.82, 2.24) is 0 Å². The van der Waals surface area contributed by atoms with Crippen LogP contribution < -0.4 is 0 Å². The third-order valence-electron chi connectivity index (χ3n) is 3.56. The van der Waals surface area contributed by atoms with Crippen molar-refractivity contribution in [1.29, 1.82) is 0 Å². The number of carbonyl (C=O) groups is 2. The van der Waals surface area contributed by atoms with Crippen LogP contribution in [-0.2, 0) is 9.59 Å². The van der Waals surface area contributed by atoms with Gasteiger partial charge in [0.1, 0.15) is 11.6 Å². The van der Waals surface area contributed by atoms with Crippen molar-refractivity contribution in [3.63, 3.8) is 0 Å². The third kappa shape index (κ3) is 7.41. The number of Topliss-reactive ketones (excluding diaryl/α,β-unsaturated/α-hetero) is 2. The number of hydrogen-bond donors (Lipinski definition) is 0. The normalized spacial score (nSPS) is 27.3. The Morgan fingerprint density at radius 1 is 0.889 bits per heavy atom. The van der Waals surface area contributed by atoms with Crippen molar-refractivity contribution >= 4 is 11.6 Å². The quantitative estimate of drug-likeness (QED) is 0.603. The molecule has 2 heteroatoms. The van der Waals surface area contributed by atoms with Crippen LogP contribution in [0.1, 0.15) is 71.1 Å². The van der Waals surface area contributed by atoms with Gasteiger partial charge < -0.3 is 0 Å². The van der Waals surface area contributed by atoms with Crippen molar-refractivity contribution in [3.05, 3.63) is 12.2 Å². The number of allylic oxidation sites excluding steroid dienone is 2. The second-order valence-corrected chi connectivity index (χ2v) is 5.53. The Balaban J connectivity index is 2.40. The van der Waals surface area contributed by atoms with Gasteiger partial charge in [0.15, 0.2) is 0 Å². The molecule has 0 saturated carbocycles. The minimum absolute atomic E-state index is 0.328. The molecule has 0 radical (unpaired) electrons. The highest BCUT2D eigenvalue weighted by Gasteiger charge is 2.10. The molecule has 0 fully saturated rings. The first-order valence-corrected chi connectivity index (χ1v) is 7.37. The molecule has 1 aliphatic carbocycles. The van der Waals surface area contributed by atoms with Crippen LogP contribution in [0.4, 0.5) is 0 Å². The molecule has 0 aromatic rings. The van der Waals surface area contributed by atoms with E-state index in [1.54, 1.807) is 0 Å². The molecule has 0 unspecified atom stereocenters. The molecule has 2 nitrogen and oxygen atoms in total. The first-order valence-electron chi connectivity index (χ1n) is 7.37. The van der Waals surface area contributed by atoms with E-state index < -0.39 is 0 Å². The lowest BCUT2D eigenvalue weighted by molar-refractivity contribution is -0.120. The van der Waals surface area contributed by atoms with Crippen molar-refractivity contribution < 1.29 is 9.59 Å². The molecular formula is C16H26O2. The highest BCUT2D eigenvalue weighted by atomic mass is 16.1. The van der Waals surface area contributed by atoms with E-state index in [0.29, 0.717) is 43.2 Å². The van der Waals surface area contributed by atoms with Gasteiger partial charge in [0, 0.05) is 25.7 Å². The van der Waals surface area contributed by atoms with Gasteiger partial charge in [-0.2, -0.15) is 0 Å². The Morgan fingerprint density at radius 3 is 2.39 bits per heavy atom. The first kappa shape index (κ1) is 15.1. The van der Waals surface area contributed by atoms with Crippen LogP contribution in [0.15, 0.2) is 12.2 Å². The molecule has 0 bridgehead atoms. The fourth-order valence-electron chi connectivity index (χ4n) is 2.40. The van der Waals surface area contributed by atoms with E-state index in [1.807, 2.05) is 0 Å². The molecule has 0 heterocycles. The predicted octanol–water partition coefficient (Wildman–Crippen LogP) is 4.23. The van der Waals surface area contributed by atoms with E-state index in [9.17, 15) is 9.59 Å². The second-order valence-electron chi connectivity index (χ2n) is 5.53. The minimum atomic E-state index is 0.328. The molecule has 0 N–H and O–H groups in total. The van der Waals surface area contributed by atoms with Gasteiger partial charge >= 0.3 is 0 Å². The average molecular weight is 250 g/mol. The fourth-order valence-corrected chi connectivity index (χ4v) is 2.40. The summed E-state index contributed by atoms with van der Waals surface area (Å²) in [6.07, 6.45) is 13.1. The average Bonchev–Trinajstić information content (AvgIpc) is 2.31. The zero-order chi connectivity index (χ0) is 13.2. The van der Waals surface area contributed by atoms with E-state index in [4.69, 9.17) is 0 Å². The summed E-state index contributed by atoms with van der Waals surface area (Å²) in [7, 11) is 0. The maximum Gasteiger partial charge on any atom is 0.133 e. The molecule has 0 amide bonds. The van der Waals surface area contributed by atoms with Crippen molar-refractivity contribution in [2.45, 2.75) is 71.1 Å². The van der Waals surface area contributed by atoms with Crippen LogP contribution in [0.5, 0.6) is 0 Å².